The first kappa shape index (κ1) is 21.3. The largest absolute Gasteiger partial charge is 0.497 e. The summed E-state index contributed by atoms with van der Waals surface area (Å²) in [4.78, 5) is 17.1. The van der Waals surface area contributed by atoms with Crippen LogP contribution in [-0.4, -0.2) is 62.1 Å². The van der Waals surface area contributed by atoms with E-state index < -0.39 is 0 Å². The van der Waals surface area contributed by atoms with Crippen LogP contribution in [0.25, 0.3) is 0 Å². The summed E-state index contributed by atoms with van der Waals surface area (Å²) in [7, 11) is 1.69. The van der Waals surface area contributed by atoms with Gasteiger partial charge in [-0.25, -0.2) is 0 Å². The fourth-order valence-corrected chi connectivity index (χ4v) is 3.81. The number of amides is 1. The Morgan fingerprint density at radius 3 is 2.28 bits per heavy atom. The highest BCUT2D eigenvalue weighted by Crippen LogP contribution is 2.18. The molecular weight excluding hydrogens is 362 g/mol. The summed E-state index contributed by atoms with van der Waals surface area (Å²) in [6.07, 6.45) is 1.02. The molecular formula is C24H33N3O2. The highest BCUT2D eigenvalue weighted by molar-refractivity contribution is 5.78. The highest BCUT2D eigenvalue weighted by atomic mass is 16.5. The van der Waals surface area contributed by atoms with E-state index in [4.69, 9.17) is 4.74 Å². The lowest BCUT2D eigenvalue weighted by Crippen LogP contribution is -2.49. The van der Waals surface area contributed by atoms with Gasteiger partial charge in [0.2, 0.25) is 5.91 Å². The summed E-state index contributed by atoms with van der Waals surface area (Å²) in [5.41, 5.74) is 2.59. The van der Waals surface area contributed by atoms with Crippen molar-refractivity contribution >= 4 is 5.91 Å². The Hall–Kier alpha value is -2.37. The quantitative estimate of drug-likeness (QED) is 0.709. The first-order valence-corrected chi connectivity index (χ1v) is 10.6. The molecule has 0 spiro atoms. The van der Waals surface area contributed by atoms with Crippen LogP contribution in [-0.2, 0) is 11.3 Å². The SMILES string of the molecule is CC[C@@H](CNC(=O)CN1CCN(Cc2ccc(OC)cc2)CC1)c1ccccc1. The van der Waals surface area contributed by atoms with Crippen LogP contribution in [0.5, 0.6) is 5.75 Å². The lowest BCUT2D eigenvalue weighted by Gasteiger charge is -2.34. The summed E-state index contributed by atoms with van der Waals surface area (Å²) in [5.74, 6) is 1.40. The van der Waals surface area contributed by atoms with Crippen LogP contribution in [0.15, 0.2) is 54.6 Å². The molecule has 1 aliphatic rings. The van der Waals surface area contributed by atoms with Crippen LogP contribution in [0, 0.1) is 0 Å². The van der Waals surface area contributed by atoms with Crippen molar-refractivity contribution in [2.24, 2.45) is 0 Å². The Morgan fingerprint density at radius 1 is 1.00 bits per heavy atom. The van der Waals surface area contributed by atoms with Gasteiger partial charge >= 0.3 is 0 Å². The molecule has 1 aliphatic heterocycles. The Morgan fingerprint density at radius 2 is 1.66 bits per heavy atom. The Balaban J connectivity index is 1.37. The van der Waals surface area contributed by atoms with E-state index in [1.54, 1.807) is 7.11 Å². The second kappa shape index (κ2) is 11.0. The fraction of sp³-hybridized carbons (Fsp3) is 0.458. The molecule has 1 fully saturated rings. The van der Waals surface area contributed by atoms with Crippen molar-refractivity contribution in [2.45, 2.75) is 25.8 Å². The van der Waals surface area contributed by atoms with E-state index in [9.17, 15) is 4.79 Å². The Labute approximate surface area is 174 Å². The van der Waals surface area contributed by atoms with Crippen molar-refractivity contribution in [3.05, 3.63) is 65.7 Å². The van der Waals surface area contributed by atoms with Gasteiger partial charge in [-0.3, -0.25) is 14.6 Å². The molecule has 29 heavy (non-hydrogen) atoms. The van der Waals surface area contributed by atoms with Crippen LogP contribution in [0.1, 0.15) is 30.4 Å². The maximum atomic E-state index is 12.4. The molecule has 5 nitrogen and oxygen atoms in total. The number of rotatable bonds is 9. The first-order valence-electron chi connectivity index (χ1n) is 10.6. The normalized spacial score (nSPS) is 16.3. The van der Waals surface area contributed by atoms with E-state index in [-0.39, 0.29) is 5.91 Å². The van der Waals surface area contributed by atoms with Crippen molar-refractivity contribution in [1.82, 2.24) is 15.1 Å². The number of nitrogens with one attached hydrogen (secondary N) is 1. The molecule has 2 aromatic carbocycles. The van der Waals surface area contributed by atoms with Crippen LogP contribution in [0.4, 0.5) is 0 Å². The van der Waals surface area contributed by atoms with Crippen LogP contribution in [0.3, 0.4) is 0 Å². The van der Waals surface area contributed by atoms with Crippen LogP contribution in [0.2, 0.25) is 0 Å². The van der Waals surface area contributed by atoms with E-state index in [2.05, 4.69) is 58.4 Å². The third-order valence-corrected chi connectivity index (χ3v) is 5.71. The molecule has 0 bridgehead atoms. The number of nitrogens with zero attached hydrogens (tertiary/aromatic N) is 2. The van der Waals surface area contributed by atoms with Crippen molar-refractivity contribution in [2.75, 3.05) is 46.4 Å². The molecule has 0 saturated carbocycles. The minimum atomic E-state index is 0.128. The number of carbonyl (C=O) groups excluding carboxylic acids is 1. The third-order valence-electron chi connectivity index (χ3n) is 5.71. The minimum absolute atomic E-state index is 0.128. The summed E-state index contributed by atoms with van der Waals surface area (Å²) >= 11 is 0. The number of carbonyl (C=O) groups is 1. The molecule has 1 saturated heterocycles. The predicted molar refractivity (Wildman–Crippen MR) is 117 cm³/mol. The van der Waals surface area contributed by atoms with Gasteiger partial charge in [-0.15, -0.1) is 0 Å². The summed E-state index contributed by atoms with van der Waals surface area (Å²) < 4.78 is 5.22. The van der Waals surface area contributed by atoms with Crippen molar-refractivity contribution < 1.29 is 9.53 Å². The number of methoxy groups -OCH3 is 1. The third kappa shape index (κ3) is 6.58. The monoisotopic (exact) mass is 395 g/mol. The van der Waals surface area contributed by atoms with E-state index in [1.807, 2.05) is 18.2 Å². The minimum Gasteiger partial charge on any atom is -0.497 e. The lowest BCUT2D eigenvalue weighted by molar-refractivity contribution is -0.122. The van der Waals surface area contributed by atoms with Crippen LogP contribution >= 0.6 is 0 Å². The number of benzene rings is 2. The average molecular weight is 396 g/mol. The number of piperazine rings is 1. The number of hydrogen-bond donors (Lipinski definition) is 1. The van der Waals surface area contributed by atoms with E-state index in [0.717, 1.165) is 44.9 Å². The molecule has 156 valence electrons. The molecule has 5 heteroatoms. The van der Waals surface area contributed by atoms with E-state index >= 15 is 0 Å². The summed E-state index contributed by atoms with van der Waals surface area (Å²) in [5, 5.41) is 3.14. The van der Waals surface area contributed by atoms with Gasteiger partial charge in [0, 0.05) is 45.2 Å². The second-order valence-corrected chi connectivity index (χ2v) is 7.72. The van der Waals surface area contributed by atoms with Crippen molar-refractivity contribution in [3.63, 3.8) is 0 Å². The standard InChI is InChI=1S/C24H33N3O2/c1-3-21(22-7-5-4-6-8-22)17-25-24(28)19-27-15-13-26(14-16-27)18-20-9-11-23(29-2)12-10-20/h4-12,21H,3,13-19H2,1-2H3,(H,25,28)/t21-/m0/s1. The maximum Gasteiger partial charge on any atom is 0.234 e. The number of ether oxygens (including phenoxy) is 1. The zero-order valence-corrected chi connectivity index (χ0v) is 17.6. The predicted octanol–water partition coefficient (Wildman–Crippen LogP) is 3.12. The Kier molecular flexibility index (Phi) is 8.08. The Bertz CT molecular complexity index is 740. The second-order valence-electron chi connectivity index (χ2n) is 7.72. The molecule has 0 unspecified atom stereocenters. The molecule has 1 atom stereocenters. The average Bonchev–Trinajstić information content (AvgIpc) is 2.77. The molecule has 1 amide bonds. The molecule has 0 radical (unpaired) electrons. The number of hydrogen-bond acceptors (Lipinski definition) is 4. The van der Waals surface area contributed by atoms with Gasteiger partial charge < -0.3 is 10.1 Å². The highest BCUT2D eigenvalue weighted by Gasteiger charge is 2.19. The van der Waals surface area contributed by atoms with Gasteiger partial charge in [-0.05, 0) is 29.7 Å². The molecule has 2 aromatic rings. The molecule has 1 N–H and O–H groups in total. The zero-order valence-electron chi connectivity index (χ0n) is 17.6. The maximum absolute atomic E-state index is 12.4. The van der Waals surface area contributed by atoms with Gasteiger partial charge in [0.25, 0.3) is 0 Å². The molecule has 1 heterocycles. The van der Waals surface area contributed by atoms with Crippen molar-refractivity contribution in [1.29, 1.82) is 0 Å². The van der Waals surface area contributed by atoms with Gasteiger partial charge in [0.05, 0.1) is 13.7 Å². The summed E-state index contributed by atoms with van der Waals surface area (Å²) in [6.45, 7) is 8.14. The van der Waals surface area contributed by atoms with Gasteiger partial charge in [0.1, 0.15) is 5.75 Å². The van der Waals surface area contributed by atoms with Crippen molar-refractivity contribution in [3.8, 4) is 5.75 Å². The van der Waals surface area contributed by atoms with Crippen LogP contribution < -0.4 is 10.1 Å². The van der Waals surface area contributed by atoms with E-state index in [1.165, 1.54) is 11.1 Å². The van der Waals surface area contributed by atoms with Gasteiger partial charge in [0.15, 0.2) is 0 Å². The van der Waals surface area contributed by atoms with Gasteiger partial charge in [-0.1, -0.05) is 49.4 Å². The first-order chi connectivity index (χ1) is 14.2. The van der Waals surface area contributed by atoms with E-state index in [0.29, 0.717) is 19.0 Å². The molecule has 0 aromatic heterocycles. The topological polar surface area (TPSA) is 44.8 Å². The molecule has 0 aliphatic carbocycles. The summed E-state index contributed by atoms with van der Waals surface area (Å²) in [6, 6.07) is 18.7. The van der Waals surface area contributed by atoms with Gasteiger partial charge in [-0.2, -0.15) is 0 Å². The fourth-order valence-electron chi connectivity index (χ4n) is 3.81. The molecule has 3 rings (SSSR count). The lowest BCUT2D eigenvalue weighted by atomic mass is 9.96. The zero-order chi connectivity index (χ0) is 20.5. The smallest absolute Gasteiger partial charge is 0.234 e.